The molecule has 0 saturated carbocycles. The Bertz CT molecular complexity index is 516. The zero-order valence-corrected chi connectivity index (χ0v) is 11.7. The largest absolute Gasteiger partial charge is 0.466 e. The maximum Gasteiger partial charge on any atom is 0.337 e. The molecule has 0 spiro atoms. The van der Waals surface area contributed by atoms with E-state index in [2.05, 4.69) is 9.47 Å². The van der Waals surface area contributed by atoms with Gasteiger partial charge in [-0.05, 0) is 25.1 Å². The number of hydrogen-bond donors (Lipinski definition) is 2. The van der Waals surface area contributed by atoms with Crippen LogP contribution in [0.2, 0.25) is 0 Å². The van der Waals surface area contributed by atoms with Crippen molar-refractivity contribution in [2.24, 2.45) is 0 Å². The van der Waals surface area contributed by atoms with Gasteiger partial charge in [0.05, 0.1) is 31.8 Å². The molecule has 6 nitrogen and oxygen atoms in total. The third-order valence-corrected chi connectivity index (χ3v) is 2.78. The highest BCUT2D eigenvalue weighted by Gasteiger charge is 2.25. The van der Waals surface area contributed by atoms with Crippen molar-refractivity contribution in [3.8, 4) is 0 Å². The zero-order valence-electron chi connectivity index (χ0n) is 11.7. The van der Waals surface area contributed by atoms with Crippen LogP contribution in [-0.2, 0) is 14.3 Å². The van der Waals surface area contributed by atoms with Crippen molar-refractivity contribution in [1.82, 2.24) is 0 Å². The van der Waals surface area contributed by atoms with Crippen LogP contribution in [0.4, 0.5) is 4.39 Å². The normalized spacial score (nSPS) is 13.4. The molecule has 0 bridgehead atoms. The topological polar surface area (TPSA) is 93.1 Å². The lowest BCUT2D eigenvalue weighted by Gasteiger charge is -2.18. The fourth-order valence-corrected chi connectivity index (χ4v) is 1.72. The van der Waals surface area contributed by atoms with Crippen LogP contribution in [0.3, 0.4) is 0 Å². The summed E-state index contributed by atoms with van der Waals surface area (Å²) in [4.78, 5) is 22.6. The summed E-state index contributed by atoms with van der Waals surface area (Å²) >= 11 is 0. The second kappa shape index (κ2) is 7.70. The average molecular weight is 300 g/mol. The summed E-state index contributed by atoms with van der Waals surface area (Å²) in [6.07, 6.45) is -3.71. The third kappa shape index (κ3) is 4.51. The summed E-state index contributed by atoms with van der Waals surface area (Å²) in [6.45, 7) is 1.73. The third-order valence-electron chi connectivity index (χ3n) is 2.78. The maximum absolute atomic E-state index is 13.7. The van der Waals surface area contributed by atoms with Crippen LogP contribution in [0.5, 0.6) is 0 Å². The molecule has 2 N–H and O–H groups in total. The van der Waals surface area contributed by atoms with Gasteiger partial charge in [0.2, 0.25) is 0 Å². The molecular formula is C14H17FO6. The van der Waals surface area contributed by atoms with Crippen molar-refractivity contribution in [2.75, 3.05) is 13.7 Å². The lowest BCUT2D eigenvalue weighted by atomic mass is 9.99. The Balaban J connectivity index is 2.92. The molecule has 2 atom stereocenters. The fraction of sp³-hybridized carbons (Fsp3) is 0.429. The fourth-order valence-electron chi connectivity index (χ4n) is 1.72. The molecule has 21 heavy (non-hydrogen) atoms. The van der Waals surface area contributed by atoms with E-state index in [0.29, 0.717) is 0 Å². The van der Waals surface area contributed by atoms with E-state index < -0.39 is 36.4 Å². The Hall–Kier alpha value is -1.99. The summed E-state index contributed by atoms with van der Waals surface area (Å²) in [5.41, 5.74) is -0.272. The van der Waals surface area contributed by atoms with Crippen LogP contribution in [0.1, 0.15) is 35.4 Å². The van der Waals surface area contributed by atoms with Crippen molar-refractivity contribution in [3.05, 3.63) is 35.1 Å². The summed E-state index contributed by atoms with van der Waals surface area (Å²) in [5.74, 6) is -2.23. The van der Waals surface area contributed by atoms with E-state index in [9.17, 15) is 24.2 Å². The predicted molar refractivity (Wildman–Crippen MR) is 70.0 cm³/mol. The summed E-state index contributed by atoms with van der Waals surface area (Å²) < 4.78 is 22.8. The number of esters is 2. The molecule has 0 aliphatic carbocycles. The Kier molecular flexibility index (Phi) is 6.26. The van der Waals surface area contributed by atoms with E-state index in [4.69, 9.17) is 0 Å². The molecule has 0 aliphatic rings. The second-order valence-electron chi connectivity index (χ2n) is 4.25. The molecule has 1 rings (SSSR count). The van der Waals surface area contributed by atoms with Gasteiger partial charge in [-0.3, -0.25) is 4.79 Å². The monoisotopic (exact) mass is 300 g/mol. The van der Waals surface area contributed by atoms with E-state index in [-0.39, 0.29) is 17.7 Å². The number of ether oxygens (including phenoxy) is 2. The number of hydrogen-bond acceptors (Lipinski definition) is 6. The highest BCUT2D eigenvalue weighted by atomic mass is 19.1. The number of benzene rings is 1. The van der Waals surface area contributed by atoms with E-state index in [1.165, 1.54) is 6.07 Å². The minimum atomic E-state index is -1.67. The molecule has 7 heteroatoms. The van der Waals surface area contributed by atoms with Crippen molar-refractivity contribution in [1.29, 1.82) is 0 Å². The molecule has 0 saturated heterocycles. The average Bonchev–Trinajstić information content (AvgIpc) is 2.46. The van der Waals surface area contributed by atoms with Gasteiger partial charge in [-0.25, -0.2) is 9.18 Å². The van der Waals surface area contributed by atoms with Crippen LogP contribution in [0.25, 0.3) is 0 Å². The molecule has 0 radical (unpaired) electrons. The van der Waals surface area contributed by atoms with Crippen molar-refractivity contribution >= 4 is 11.9 Å². The van der Waals surface area contributed by atoms with E-state index in [1.54, 1.807) is 6.92 Å². The number of aliphatic hydroxyl groups excluding tert-OH is 2. The van der Waals surface area contributed by atoms with E-state index in [1.807, 2.05) is 0 Å². The zero-order chi connectivity index (χ0) is 16.0. The summed E-state index contributed by atoms with van der Waals surface area (Å²) in [7, 11) is 1.16. The predicted octanol–water partition coefficient (Wildman–Crippen LogP) is 0.960. The number of carbonyl (C=O) groups is 2. The van der Waals surface area contributed by atoms with Crippen molar-refractivity contribution < 1.29 is 33.7 Å². The smallest absolute Gasteiger partial charge is 0.337 e. The lowest BCUT2D eigenvalue weighted by molar-refractivity contribution is -0.147. The molecule has 0 fully saturated rings. The quantitative estimate of drug-likeness (QED) is 0.760. The molecule has 1 aromatic carbocycles. The second-order valence-corrected chi connectivity index (χ2v) is 4.25. The molecule has 116 valence electrons. The van der Waals surface area contributed by atoms with Crippen LogP contribution in [-0.4, -0.2) is 42.0 Å². The van der Waals surface area contributed by atoms with E-state index >= 15 is 0 Å². The van der Waals surface area contributed by atoms with E-state index in [0.717, 1.165) is 19.2 Å². The van der Waals surface area contributed by atoms with Crippen LogP contribution in [0, 0.1) is 5.82 Å². The number of aliphatic hydroxyl groups is 2. The van der Waals surface area contributed by atoms with Crippen LogP contribution < -0.4 is 0 Å². The minimum absolute atomic E-state index is 0.0243. The van der Waals surface area contributed by atoms with Gasteiger partial charge in [-0.2, -0.15) is 0 Å². The Morgan fingerprint density at radius 2 is 2.00 bits per heavy atom. The molecule has 2 unspecified atom stereocenters. The van der Waals surface area contributed by atoms with Gasteiger partial charge in [-0.15, -0.1) is 0 Å². The molecular weight excluding hydrogens is 283 g/mol. The first-order valence-electron chi connectivity index (χ1n) is 6.30. The van der Waals surface area contributed by atoms with Gasteiger partial charge >= 0.3 is 11.9 Å². The Morgan fingerprint density at radius 3 is 2.57 bits per heavy atom. The first-order chi connectivity index (χ1) is 9.90. The Morgan fingerprint density at radius 1 is 1.33 bits per heavy atom. The van der Waals surface area contributed by atoms with Gasteiger partial charge in [0.25, 0.3) is 0 Å². The summed E-state index contributed by atoms with van der Waals surface area (Å²) in [5, 5.41) is 19.7. The first-order valence-corrected chi connectivity index (χ1v) is 6.30. The molecule has 1 aromatic rings. The van der Waals surface area contributed by atoms with Gasteiger partial charge in [0.1, 0.15) is 11.9 Å². The van der Waals surface area contributed by atoms with Gasteiger partial charge < -0.3 is 19.7 Å². The molecule has 0 heterocycles. The molecule has 0 aliphatic heterocycles. The molecule has 0 amide bonds. The lowest BCUT2D eigenvalue weighted by Crippen LogP contribution is -2.24. The maximum atomic E-state index is 13.7. The number of halogens is 1. The standard InChI is InChI=1S/C14H17FO6/c1-3-21-12(17)7-11(16)13(18)9-6-8(14(19)20-2)4-5-10(9)15/h4-6,11,13,16,18H,3,7H2,1-2H3. The number of methoxy groups -OCH3 is 1. The van der Waals surface area contributed by atoms with Gasteiger partial charge in [0, 0.05) is 5.56 Å². The van der Waals surface area contributed by atoms with Crippen LogP contribution >= 0.6 is 0 Å². The van der Waals surface area contributed by atoms with Gasteiger partial charge in [0.15, 0.2) is 0 Å². The number of carbonyl (C=O) groups excluding carboxylic acids is 2. The molecule has 0 aromatic heterocycles. The number of rotatable bonds is 6. The minimum Gasteiger partial charge on any atom is -0.466 e. The van der Waals surface area contributed by atoms with Crippen molar-refractivity contribution in [3.63, 3.8) is 0 Å². The Labute approximate surface area is 121 Å². The summed E-state index contributed by atoms with van der Waals surface area (Å²) in [6, 6.07) is 3.23. The van der Waals surface area contributed by atoms with Gasteiger partial charge in [-0.1, -0.05) is 0 Å². The van der Waals surface area contributed by atoms with Crippen LogP contribution in [0.15, 0.2) is 18.2 Å². The van der Waals surface area contributed by atoms with Crippen molar-refractivity contribution in [2.45, 2.75) is 25.6 Å². The first kappa shape index (κ1) is 17.1. The highest BCUT2D eigenvalue weighted by Crippen LogP contribution is 2.23. The SMILES string of the molecule is CCOC(=O)CC(O)C(O)c1cc(C(=O)OC)ccc1F. The highest BCUT2D eigenvalue weighted by molar-refractivity contribution is 5.89.